The second kappa shape index (κ2) is 6.20. The summed E-state index contributed by atoms with van der Waals surface area (Å²) in [5, 5.41) is 7.63. The lowest BCUT2D eigenvalue weighted by molar-refractivity contribution is 0.571. The van der Waals surface area contributed by atoms with Crippen LogP contribution in [0.4, 0.5) is 0 Å². The molecular formula is C28H20OS. The first-order valence-corrected chi connectivity index (χ1v) is 11.5. The molecule has 1 atom stereocenters. The van der Waals surface area contributed by atoms with Crippen molar-refractivity contribution in [2.24, 2.45) is 5.92 Å². The minimum Gasteiger partial charge on any atom is -0.456 e. The zero-order valence-electron chi connectivity index (χ0n) is 16.5. The van der Waals surface area contributed by atoms with Crippen molar-refractivity contribution in [1.82, 2.24) is 0 Å². The summed E-state index contributed by atoms with van der Waals surface area (Å²) in [6.07, 6.45) is 15.1. The van der Waals surface area contributed by atoms with Crippen LogP contribution in [0.15, 0.2) is 76.7 Å². The molecule has 2 aromatic heterocycles. The van der Waals surface area contributed by atoms with Gasteiger partial charge in [0.15, 0.2) is 0 Å². The Morgan fingerprint density at radius 3 is 2.73 bits per heavy atom. The quantitative estimate of drug-likeness (QED) is 0.299. The highest BCUT2D eigenvalue weighted by Crippen LogP contribution is 2.38. The van der Waals surface area contributed by atoms with E-state index < -0.39 is 0 Å². The lowest BCUT2D eigenvalue weighted by Crippen LogP contribution is -2.26. The van der Waals surface area contributed by atoms with Crippen LogP contribution in [0, 0.1) is 5.92 Å². The van der Waals surface area contributed by atoms with Crippen molar-refractivity contribution in [3.8, 4) is 0 Å². The summed E-state index contributed by atoms with van der Waals surface area (Å²) in [5.41, 5.74) is 3.50. The second-order valence-corrected chi connectivity index (χ2v) is 9.47. The fraction of sp³-hybridized carbons (Fsp3) is 0.143. The van der Waals surface area contributed by atoms with Gasteiger partial charge in [0, 0.05) is 42.1 Å². The molecule has 2 aliphatic rings. The van der Waals surface area contributed by atoms with E-state index in [4.69, 9.17) is 4.42 Å². The maximum Gasteiger partial charge on any atom is 0.143 e. The lowest BCUT2D eigenvalue weighted by Gasteiger charge is -2.16. The Balaban J connectivity index is 1.52. The number of fused-ring (bicyclic) bond motifs is 8. The lowest BCUT2D eigenvalue weighted by atomic mass is 9.88. The van der Waals surface area contributed by atoms with Crippen LogP contribution in [0.2, 0.25) is 0 Å². The molecule has 0 bridgehead atoms. The normalized spacial score (nSPS) is 18.5. The Hall–Kier alpha value is -3.10. The fourth-order valence-corrected chi connectivity index (χ4v) is 6.24. The van der Waals surface area contributed by atoms with Crippen molar-refractivity contribution < 1.29 is 4.42 Å². The Morgan fingerprint density at radius 2 is 1.80 bits per heavy atom. The predicted octanol–water partition coefficient (Wildman–Crippen LogP) is 6.81. The minimum atomic E-state index is 0.453. The Kier molecular flexibility index (Phi) is 3.44. The van der Waals surface area contributed by atoms with Crippen molar-refractivity contribution in [1.29, 1.82) is 0 Å². The minimum absolute atomic E-state index is 0.453. The fourth-order valence-electron chi connectivity index (χ4n) is 5.10. The molecule has 7 rings (SSSR count). The third kappa shape index (κ3) is 2.34. The average molecular weight is 405 g/mol. The number of hydrogen-bond acceptors (Lipinski definition) is 2. The molecule has 144 valence electrons. The Morgan fingerprint density at radius 1 is 0.833 bits per heavy atom. The first-order chi connectivity index (χ1) is 14.8. The third-order valence-corrected chi connectivity index (χ3v) is 7.75. The molecule has 0 saturated carbocycles. The first-order valence-electron chi connectivity index (χ1n) is 10.7. The maximum atomic E-state index is 6.46. The second-order valence-electron chi connectivity index (χ2n) is 8.39. The van der Waals surface area contributed by atoms with E-state index in [0.717, 1.165) is 30.3 Å². The number of rotatable bonds is 1. The molecule has 0 fully saturated rings. The summed E-state index contributed by atoms with van der Waals surface area (Å²) < 4.78 is 9.14. The molecule has 30 heavy (non-hydrogen) atoms. The van der Waals surface area contributed by atoms with Gasteiger partial charge < -0.3 is 4.42 Å². The number of benzene rings is 3. The van der Waals surface area contributed by atoms with Gasteiger partial charge in [0.05, 0.1) is 0 Å². The maximum absolute atomic E-state index is 6.46. The summed E-state index contributed by atoms with van der Waals surface area (Å²) >= 11 is 1.87. The van der Waals surface area contributed by atoms with E-state index in [2.05, 4.69) is 78.9 Å². The average Bonchev–Trinajstić information content (AvgIpc) is 3.35. The van der Waals surface area contributed by atoms with E-state index in [-0.39, 0.29) is 0 Å². The summed E-state index contributed by atoms with van der Waals surface area (Å²) in [6.45, 7) is 0. The largest absolute Gasteiger partial charge is 0.456 e. The van der Waals surface area contributed by atoms with Gasteiger partial charge in [0.1, 0.15) is 11.0 Å². The third-order valence-electron chi connectivity index (χ3n) is 6.61. The molecule has 1 nitrogen and oxygen atoms in total. The van der Waals surface area contributed by atoms with Gasteiger partial charge in [-0.3, -0.25) is 0 Å². The van der Waals surface area contributed by atoms with E-state index in [1.807, 2.05) is 11.3 Å². The molecule has 0 aliphatic heterocycles. The van der Waals surface area contributed by atoms with Crippen molar-refractivity contribution in [3.05, 3.63) is 83.0 Å². The smallest absolute Gasteiger partial charge is 0.143 e. The molecule has 0 N–H and O–H groups in total. The van der Waals surface area contributed by atoms with Gasteiger partial charge in [-0.1, -0.05) is 48.6 Å². The van der Waals surface area contributed by atoms with Crippen molar-refractivity contribution >= 4 is 65.4 Å². The van der Waals surface area contributed by atoms with Gasteiger partial charge in [-0.15, -0.1) is 11.3 Å². The highest BCUT2D eigenvalue weighted by Gasteiger charge is 2.17. The standard InChI is InChI=1S/C28H20OS/c1-2-6-17(7-3-1)18-11-13-25-23(14-18)21-12-10-19-15-27-24(16-22(19)28(21)29-25)20-8-4-5-9-26(20)30-27/h2,4-10,12-16,18H,1,3,11H2. The molecular weight excluding hydrogens is 384 g/mol. The van der Waals surface area contributed by atoms with E-state index in [0.29, 0.717) is 5.92 Å². The van der Waals surface area contributed by atoms with Gasteiger partial charge >= 0.3 is 0 Å². The van der Waals surface area contributed by atoms with E-state index in [9.17, 15) is 0 Å². The summed E-state index contributed by atoms with van der Waals surface area (Å²) in [5.74, 6) is 0.453. The van der Waals surface area contributed by atoms with Crippen molar-refractivity contribution in [3.63, 3.8) is 0 Å². The molecule has 5 aromatic rings. The first kappa shape index (κ1) is 16.7. The summed E-state index contributed by atoms with van der Waals surface area (Å²) in [6, 6.07) is 17.9. The Bertz CT molecular complexity index is 1670. The highest BCUT2D eigenvalue weighted by molar-refractivity contribution is 7.25. The van der Waals surface area contributed by atoms with E-state index >= 15 is 0 Å². The van der Waals surface area contributed by atoms with Crippen LogP contribution in [0.1, 0.15) is 19.3 Å². The van der Waals surface area contributed by atoms with Crippen LogP contribution in [0.3, 0.4) is 0 Å². The molecule has 0 spiro atoms. The van der Waals surface area contributed by atoms with Crippen LogP contribution >= 0.6 is 11.3 Å². The topological polar surface area (TPSA) is 13.1 Å². The molecule has 2 heteroatoms. The van der Waals surface area contributed by atoms with E-state index in [1.165, 1.54) is 47.1 Å². The molecule has 0 radical (unpaired) electrons. The number of thiophene rings is 1. The number of allylic oxidation sites excluding steroid dienone is 4. The molecule has 2 heterocycles. The van der Waals surface area contributed by atoms with Crippen LogP contribution in [-0.2, 0) is 0 Å². The monoisotopic (exact) mass is 404 g/mol. The van der Waals surface area contributed by atoms with Crippen LogP contribution < -0.4 is 10.6 Å². The van der Waals surface area contributed by atoms with Crippen LogP contribution in [0.25, 0.3) is 54.1 Å². The van der Waals surface area contributed by atoms with Gasteiger partial charge in [-0.05, 0) is 60.6 Å². The molecule has 1 unspecified atom stereocenters. The zero-order chi connectivity index (χ0) is 19.7. The predicted molar refractivity (Wildman–Crippen MR) is 129 cm³/mol. The SMILES string of the molecule is C1=CC(C2C=c3c(oc4c3ccc3cc5sc6ccccc6c5cc34)=CC2)=CCC1. The van der Waals surface area contributed by atoms with Crippen LogP contribution in [-0.4, -0.2) is 0 Å². The zero-order valence-corrected chi connectivity index (χ0v) is 17.3. The van der Waals surface area contributed by atoms with Crippen molar-refractivity contribution in [2.45, 2.75) is 19.3 Å². The highest BCUT2D eigenvalue weighted by atomic mass is 32.1. The van der Waals surface area contributed by atoms with Gasteiger partial charge in [-0.25, -0.2) is 0 Å². The van der Waals surface area contributed by atoms with Gasteiger partial charge in [0.2, 0.25) is 0 Å². The van der Waals surface area contributed by atoms with Gasteiger partial charge in [-0.2, -0.15) is 0 Å². The number of hydrogen-bond donors (Lipinski definition) is 0. The van der Waals surface area contributed by atoms with Gasteiger partial charge in [0.25, 0.3) is 0 Å². The Labute approximate surface area is 177 Å². The summed E-state index contributed by atoms with van der Waals surface area (Å²) in [4.78, 5) is 0. The van der Waals surface area contributed by atoms with E-state index in [1.54, 1.807) is 0 Å². The molecule has 2 aliphatic carbocycles. The molecule has 0 amide bonds. The van der Waals surface area contributed by atoms with Crippen LogP contribution in [0.5, 0.6) is 0 Å². The van der Waals surface area contributed by atoms with Crippen molar-refractivity contribution in [2.75, 3.05) is 0 Å². The molecule has 0 saturated heterocycles. The summed E-state index contributed by atoms with van der Waals surface area (Å²) in [7, 11) is 0. The number of furan rings is 1. The molecule has 3 aromatic carbocycles.